The molecular formula is C33H43N7O6S. The lowest BCUT2D eigenvalue weighted by molar-refractivity contribution is 0.194. The van der Waals surface area contributed by atoms with Crippen molar-refractivity contribution in [2.75, 3.05) is 46.9 Å². The highest BCUT2D eigenvalue weighted by molar-refractivity contribution is 7.89. The van der Waals surface area contributed by atoms with E-state index in [0.29, 0.717) is 56.0 Å². The second-order valence-corrected chi connectivity index (χ2v) is 13.9. The number of ether oxygens (including phenoxy) is 1. The van der Waals surface area contributed by atoms with Crippen LogP contribution in [0.4, 0.5) is 4.79 Å². The van der Waals surface area contributed by atoms with Crippen molar-refractivity contribution in [3.05, 3.63) is 64.1 Å². The highest BCUT2D eigenvalue weighted by Gasteiger charge is 2.31. The van der Waals surface area contributed by atoms with Crippen LogP contribution in [-0.2, 0) is 29.9 Å². The number of phenols is 1. The summed E-state index contributed by atoms with van der Waals surface area (Å²) in [5.74, 6) is 0.403. The second kappa shape index (κ2) is 13.8. The van der Waals surface area contributed by atoms with Gasteiger partial charge in [-0.05, 0) is 69.6 Å². The van der Waals surface area contributed by atoms with E-state index in [1.807, 2.05) is 20.9 Å². The van der Waals surface area contributed by atoms with E-state index in [1.165, 1.54) is 26.0 Å². The van der Waals surface area contributed by atoms with Gasteiger partial charge in [-0.25, -0.2) is 22.8 Å². The summed E-state index contributed by atoms with van der Waals surface area (Å²) in [5.41, 5.74) is 1.62. The van der Waals surface area contributed by atoms with Crippen LogP contribution in [0.1, 0.15) is 38.4 Å². The maximum Gasteiger partial charge on any atom is 0.332 e. The number of aromatic hydroxyl groups is 1. The average molecular weight is 666 g/mol. The third-order valence-corrected chi connectivity index (χ3v) is 10.5. The molecule has 1 aliphatic rings. The van der Waals surface area contributed by atoms with Gasteiger partial charge in [0.2, 0.25) is 10.0 Å². The lowest BCUT2D eigenvalue weighted by atomic mass is 10.1. The Labute approximate surface area is 275 Å². The van der Waals surface area contributed by atoms with Gasteiger partial charge in [-0.2, -0.15) is 9.40 Å². The molecule has 14 heteroatoms. The molecule has 2 aromatic carbocycles. The van der Waals surface area contributed by atoms with Gasteiger partial charge in [-0.1, -0.05) is 25.5 Å². The summed E-state index contributed by atoms with van der Waals surface area (Å²) in [4.78, 5) is 37.2. The number of benzene rings is 2. The SMILES string of the molecule is CCCc1nn(C)c2c(=O)n(C(=O)N(C)C(C)Cc3ccc(O)cc3)c(-c3cc(S(=O)(=O)N4CCN(C)CC4)ccc3OCC)nc12. The van der Waals surface area contributed by atoms with E-state index < -0.39 is 21.6 Å². The topological polar surface area (TPSA) is 143 Å². The fourth-order valence-electron chi connectivity index (χ4n) is 5.81. The van der Waals surface area contributed by atoms with Gasteiger partial charge in [0.1, 0.15) is 17.0 Å². The highest BCUT2D eigenvalue weighted by atomic mass is 32.2. The summed E-state index contributed by atoms with van der Waals surface area (Å²) in [7, 11) is 1.29. The van der Waals surface area contributed by atoms with E-state index in [4.69, 9.17) is 9.72 Å². The van der Waals surface area contributed by atoms with Crippen molar-refractivity contribution < 1.29 is 23.1 Å². The number of phenolic OH excluding ortho intramolecular Hbond substituents is 1. The maximum absolute atomic E-state index is 14.4. The molecule has 0 spiro atoms. The van der Waals surface area contributed by atoms with Crippen LogP contribution in [0, 0.1) is 0 Å². The lowest BCUT2D eigenvalue weighted by Gasteiger charge is -2.31. The fourth-order valence-corrected chi connectivity index (χ4v) is 7.26. The maximum atomic E-state index is 14.4. The first-order valence-electron chi connectivity index (χ1n) is 15.9. The van der Waals surface area contributed by atoms with Crippen LogP contribution < -0.4 is 10.3 Å². The number of hydrogen-bond donors (Lipinski definition) is 1. The molecule has 1 fully saturated rings. The fraction of sp³-hybridized carbons (Fsp3) is 0.455. The zero-order chi connectivity index (χ0) is 34.0. The van der Waals surface area contributed by atoms with E-state index in [2.05, 4.69) is 10.00 Å². The third kappa shape index (κ3) is 6.76. The van der Waals surface area contributed by atoms with Crippen molar-refractivity contribution in [1.82, 2.24) is 33.4 Å². The van der Waals surface area contributed by atoms with Crippen LogP contribution in [0.25, 0.3) is 22.4 Å². The monoisotopic (exact) mass is 665 g/mol. The first-order chi connectivity index (χ1) is 22.4. The van der Waals surface area contributed by atoms with Crippen molar-refractivity contribution in [3.8, 4) is 22.9 Å². The van der Waals surface area contributed by atoms with Gasteiger partial charge in [-0.15, -0.1) is 0 Å². The molecule has 1 atom stereocenters. The number of rotatable bonds is 10. The number of aryl methyl sites for hydroxylation is 2. The molecule has 4 aromatic rings. The second-order valence-electron chi connectivity index (χ2n) is 12.0. The molecule has 13 nitrogen and oxygen atoms in total. The van der Waals surface area contributed by atoms with Crippen LogP contribution in [0.15, 0.2) is 52.2 Å². The van der Waals surface area contributed by atoms with Crippen molar-refractivity contribution in [2.24, 2.45) is 7.05 Å². The molecule has 47 heavy (non-hydrogen) atoms. The zero-order valence-electron chi connectivity index (χ0n) is 27.8. The van der Waals surface area contributed by atoms with Crippen LogP contribution >= 0.6 is 0 Å². The Balaban J connectivity index is 1.70. The zero-order valence-corrected chi connectivity index (χ0v) is 28.6. The molecule has 0 bridgehead atoms. The molecule has 0 aliphatic carbocycles. The average Bonchev–Trinajstić information content (AvgIpc) is 3.36. The summed E-state index contributed by atoms with van der Waals surface area (Å²) in [6, 6.07) is 10.2. The number of aromatic nitrogens is 4. The number of hydrogen-bond acceptors (Lipinski definition) is 9. The number of likely N-dealkylation sites (N-methyl/N-ethyl adjacent to an activating group) is 2. The third-order valence-electron chi connectivity index (χ3n) is 8.63. The summed E-state index contributed by atoms with van der Waals surface area (Å²) < 4.78 is 37.5. The predicted octanol–water partition coefficient (Wildman–Crippen LogP) is 3.32. The summed E-state index contributed by atoms with van der Waals surface area (Å²) >= 11 is 0. The Bertz CT molecular complexity index is 1930. The number of sulfonamides is 1. The van der Waals surface area contributed by atoms with Crippen molar-refractivity contribution in [3.63, 3.8) is 0 Å². The van der Waals surface area contributed by atoms with Crippen molar-refractivity contribution >= 4 is 27.1 Å². The first kappa shape index (κ1) is 34.1. The van der Waals surface area contributed by atoms with Gasteiger partial charge < -0.3 is 19.6 Å². The van der Waals surface area contributed by atoms with Gasteiger partial charge in [0.15, 0.2) is 11.3 Å². The molecule has 5 rings (SSSR count). The number of carbonyl (C=O) groups excluding carboxylic acids is 1. The lowest BCUT2D eigenvalue weighted by Crippen LogP contribution is -2.47. The van der Waals surface area contributed by atoms with Gasteiger partial charge in [-0.3, -0.25) is 9.48 Å². The number of nitrogens with zero attached hydrogens (tertiary/aromatic N) is 7. The number of fused-ring (bicyclic) bond motifs is 1. The Morgan fingerprint density at radius 2 is 1.74 bits per heavy atom. The smallest absolute Gasteiger partial charge is 0.332 e. The van der Waals surface area contributed by atoms with Gasteiger partial charge >= 0.3 is 6.03 Å². The number of carbonyl (C=O) groups is 1. The van der Waals surface area contributed by atoms with E-state index in [-0.39, 0.29) is 40.2 Å². The number of amides is 1. The van der Waals surface area contributed by atoms with Gasteiger partial charge in [0, 0.05) is 46.3 Å². The summed E-state index contributed by atoms with van der Waals surface area (Å²) in [5, 5.41) is 14.3. The van der Waals surface area contributed by atoms with Crippen LogP contribution in [0.3, 0.4) is 0 Å². The van der Waals surface area contributed by atoms with Crippen LogP contribution in [0.2, 0.25) is 0 Å². The molecule has 1 amide bonds. The first-order valence-corrected chi connectivity index (χ1v) is 17.3. The van der Waals surface area contributed by atoms with E-state index >= 15 is 0 Å². The number of piperazine rings is 1. The largest absolute Gasteiger partial charge is 0.508 e. The molecule has 0 radical (unpaired) electrons. The normalized spacial score (nSPS) is 15.2. The Kier molecular flexibility index (Phi) is 10.0. The Morgan fingerprint density at radius 1 is 1.06 bits per heavy atom. The van der Waals surface area contributed by atoms with Gasteiger partial charge in [0.05, 0.1) is 22.8 Å². The minimum Gasteiger partial charge on any atom is -0.508 e. The quantitative estimate of drug-likeness (QED) is 0.270. The standard InChI is InChI=1S/C33H43N7O6S/c1-7-9-27-29-30(38(6)35-27)32(42)40(33(43)37(5)22(3)20-23-10-12-24(41)13-11-23)31(34-29)26-21-25(14-15-28(26)46-8-2)47(44,45)39-18-16-36(4)17-19-39/h10-15,21-22,41H,7-9,16-20H2,1-6H3. The molecule has 0 saturated carbocycles. The predicted molar refractivity (Wildman–Crippen MR) is 179 cm³/mol. The minimum absolute atomic E-state index is 0.0165. The molecule has 1 saturated heterocycles. The molecule has 1 aliphatic heterocycles. The minimum atomic E-state index is -3.91. The molecular weight excluding hydrogens is 622 g/mol. The molecule has 2 aromatic heterocycles. The Morgan fingerprint density at radius 3 is 2.38 bits per heavy atom. The molecule has 3 heterocycles. The summed E-state index contributed by atoms with van der Waals surface area (Å²) in [6.45, 7) is 7.80. The van der Waals surface area contributed by atoms with Gasteiger partial charge in [0.25, 0.3) is 5.56 Å². The summed E-state index contributed by atoms with van der Waals surface area (Å²) in [6.07, 6.45) is 1.77. The molecule has 1 N–H and O–H groups in total. The van der Waals surface area contributed by atoms with Crippen molar-refractivity contribution in [1.29, 1.82) is 0 Å². The van der Waals surface area contributed by atoms with E-state index in [9.17, 15) is 23.1 Å². The van der Waals surface area contributed by atoms with E-state index in [0.717, 1.165) is 16.6 Å². The molecule has 1 unspecified atom stereocenters. The van der Waals surface area contributed by atoms with Crippen molar-refractivity contribution in [2.45, 2.75) is 51.0 Å². The van der Waals surface area contributed by atoms with Crippen LogP contribution in [0.5, 0.6) is 11.5 Å². The highest BCUT2D eigenvalue weighted by Crippen LogP contribution is 2.34. The van der Waals surface area contributed by atoms with Crippen LogP contribution in [-0.4, -0.2) is 106 Å². The van der Waals surface area contributed by atoms with E-state index in [1.54, 1.807) is 51.4 Å². The Hall–Kier alpha value is -4.27. The molecule has 252 valence electrons.